The van der Waals surface area contributed by atoms with E-state index in [0.29, 0.717) is 58.0 Å². The molecule has 2 amide bonds. The molecule has 8 nitrogen and oxygen atoms in total. The molecule has 2 saturated heterocycles. The molecule has 2 aliphatic heterocycles. The SMILES string of the molecule is COCCCNC(=O)C1CCN(C(=O)C2CCN(S(=O)(=O)c3cc(F)ccc3F)CC2)CC1. The van der Waals surface area contributed by atoms with Crippen LogP contribution in [0.4, 0.5) is 8.78 Å². The predicted molar refractivity (Wildman–Crippen MR) is 117 cm³/mol. The van der Waals surface area contributed by atoms with Gasteiger partial charge in [-0.25, -0.2) is 17.2 Å². The van der Waals surface area contributed by atoms with Gasteiger partial charge in [-0.3, -0.25) is 9.59 Å². The average Bonchev–Trinajstić information content (AvgIpc) is 2.83. The van der Waals surface area contributed by atoms with Gasteiger partial charge in [-0.1, -0.05) is 0 Å². The summed E-state index contributed by atoms with van der Waals surface area (Å²) < 4.78 is 59.0. The number of benzene rings is 1. The highest BCUT2D eigenvalue weighted by molar-refractivity contribution is 7.89. The van der Waals surface area contributed by atoms with E-state index in [-0.39, 0.29) is 36.7 Å². The molecule has 0 unspecified atom stereocenters. The lowest BCUT2D eigenvalue weighted by molar-refractivity contribution is -0.140. The number of halogens is 2. The fraction of sp³-hybridized carbons (Fsp3) is 0.636. The molecular formula is C22H31F2N3O5S. The van der Waals surface area contributed by atoms with Gasteiger partial charge in [-0.05, 0) is 50.3 Å². The Morgan fingerprint density at radius 2 is 1.70 bits per heavy atom. The maximum Gasteiger partial charge on any atom is 0.246 e. The molecule has 0 spiro atoms. The first-order chi connectivity index (χ1) is 15.7. The summed E-state index contributed by atoms with van der Waals surface area (Å²) in [5.41, 5.74) is 0. The van der Waals surface area contributed by atoms with Crippen molar-refractivity contribution in [1.82, 2.24) is 14.5 Å². The van der Waals surface area contributed by atoms with Crippen LogP contribution < -0.4 is 5.32 Å². The second kappa shape index (κ2) is 11.3. The smallest absolute Gasteiger partial charge is 0.246 e. The van der Waals surface area contributed by atoms with Gasteiger partial charge in [0.2, 0.25) is 21.8 Å². The molecular weight excluding hydrogens is 456 g/mol. The molecule has 0 saturated carbocycles. The van der Waals surface area contributed by atoms with E-state index in [1.54, 1.807) is 12.0 Å². The Balaban J connectivity index is 1.48. The zero-order chi connectivity index (χ0) is 24.0. The van der Waals surface area contributed by atoms with E-state index in [4.69, 9.17) is 4.74 Å². The van der Waals surface area contributed by atoms with Gasteiger partial charge in [0, 0.05) is 58.3 Å². The minimum atomic E-state index is -4.18. The molecule has 0 aromatic heterocycles. The maximum atomic E-state index is 14.0. The Morgan fingerprint density at radius 3 is 2.33 bits per heavy atom. The fourth-order valence-electron chi connectivity index (χ4n) is 4.35. The van der Waals surface area contributed by atoms with Gasteiger partial charge in [0.1, 0.15) is 16.5 Å². The van der Waals surface area contributed by atoms with E-state index in [0.717, 1.165) is 22.9 Å². The summed E-state index contributed by atoms with van der Waals surface area (Å²) in [4.78, 5) is 26.3. The molecule has 11 heteroatoms. The lowest BCUT2D eigenvalue weighted by atomic mass is 9.92. The molecule has 184 valence electrons. The van der Waals surface area contributed by atoms with Crippen molar-refractivity contribution >= 4 is 21.8 Å². The maximum absolute atomic E-state index is 14.0. The summed E-state index contributed by atoms with van der Waals surface area (Å²) in [7, 11) is -2.56. The highest BCUT2D eigenvalue weighted by Crippen LogP contribution is 2.28. The minimum Gasteiger partial charge on any atom is -0.385 e. The van der Waals surface area contributed by atoms with Gasteiger partial charge in [-0.2, -0.15) is 4.31 Å². The van der Waals surface area contributed by atoms with Crippen LogP contribution in [0.15, 0.2) is 23.1 Å². The standard InChI is InChI=1S/C22H31F2N3O5S/c1-32-14-2-9-25-21(28)16-5-10-26(11-6-16)22(29)17-7-12-27(13-8-17)33(30,31)20-15-18(23)3-4-19(20)24/h3-4,15-17H,2,5-14H2,1H3,(H,25,28). The number of carbonyl (C=O) groups excluding carboxylic acids is 2. The molecule has 1 aromatic carbocycles. The van der Waals surface area contributed by atoms with E-state index in [1.807, 2.05) is 0 Å². The van der Waals surface area contributed by atoms with E-state index >= 15 is 0 Å². The minimum absolute atomic E-state index is 0.00120. The number of rotatable bonds is 8. The summed E-state index contributed by atoms with van der Waals surface area (Å²) >= 11 is 0. The van der Waals surface area contributed by atoms with Crippen molar-refractivity contribution in [1.29, 1.82) is 0 Å². The summed E-state index contributed by atoms with van der Waals surface area (Å²) in [6.07, 6.45) is 2.56. The summed E-state index contributed by atoms with van der Waals surface area (Å²) in [5, 5.41) is 2.90. The van der Waals surface area contributed by atoms with Crippen molar-refractivity contribution in [2.45, 2.75) is 37.0 Å². The predicted octanol–water partition coefficient (Wildman–Crippen LogP) is 1.76. The Bertz CT molecular complexity index is 943. The molecule has 3 rings (SSSR count). The van der Waals surface area contributed by atoms with Gasteiger partial charge in [-0.15, -0.1) is 0 Å². The molecule has 0 radical (unpaired) electrons. The van der Waals surface area contributed by atoms with Crippen LogP contribution in [0.25, 0.3) is 0 Å². The lowest BCUT2D eigenvalue weighted by Gasteiger charge is -2.36. The number of ether oxygens (including phenoxy) is 1. The van der Waals surface area contributed by atoms with Crippen LogP contribution >= 0.6 is 0 Å². The Labute approximate surface area is 193 Å². The molecule has 2 aliphatic rings. The molecule has 2 fully saturated rings. The van der Waals surface area contributed by atoms with Crippen LogP contribution in [0.5, 0.6) is 0 Å². The number of hydrogen-bond donors (Lipinski definition) is 1. The third-order valence-corrected chi connectivity index (χ3v) is 8.23. The molecule has 0 atom stereocenters. The Morgan fingerprint density at radius 1 is 1.06 bits per heavy atom. The van der Waals surface area contributed by atoms with Gasteiger partial charge >= 0.3 is 0 Å². The fourth-order valence-corrected chi connectivity index (χ4v) is 5.90. The summed E-state index contributed by atoms with van der Waals surface area (Å²) in [6, 6.07) is 2.34. The van der Waals surface area contributed by atoms with Gasteiger partial charge < -0.3 is 15.0 Å². The van der Waals surface area contributed by atoms with Crippen LogP contribution in [0, 0.1) is 23.5 Å². The van der Waals surface area contributed by atoms with Crippen LogP contribution in [-0.2, 0) is 24.3 Å². The van der Waals surface area contributed by atoms with Gasteiger partial charge in [0.05, 0.1) is 0 Å². The number of methoxy groups -OCH3 is 1. The second-order valence-corrected chi connectivity index (χ2v) is 10.4. The Hall–Kier alpha value is -2.11. The number of sulfonamides is 1. The van der Waals surface area contributed by atoms with E-state index in [2.05, 4.69) is 5.32 Å². The van der Waals surface area contributed by atoms with E-state index in [9.17, 15) is 26.8 Å². The van der Waals surface area contributed by atoms with E-state index in [1.165, 1.54) is 0 Å². The van der Waals surface area contributed by atoms with E-state index < -0.39 is 26.6 Å². The normalized spacial score (nSPS) is 18.9. The monoisotopic (exact) mass is 487 g/mol. The first-order valence-electron chi connectivity index (χ1n) is 11.2. The van der Waals surface area contributed by atoms with Crippen LogP contribution in [0.1, 0.15) is 32.1 Å². The first-order valence-corrected chi connectivity index (χ1v) is 12.7. The Kier molecular flexibility index (Phi) is 8.77. The highest BCUT2D eigenvalue weighted by Gasteiger charge is 2.36. The van der Waals surface area contributed by atoms with Crippen molar-refractivity contribution in [2.75, 3.05) is 46.4 Å². The van der Waals surface area contributed by atoms with Gasteiger partial charge in [0.15, 0.2) is 0 Å². The summed E-state index contributed by atoms with van der Waals surface area (Å²) in [6.45, 7) is 2.26. The summed E-state index contributed by atoms with van der Waals surface area (Å²) in [5.74, 6) is -2.31. The number of nitrogens with one attached hydrogen (secondary N) is 1. The number of hydrogen-bond acceptors (Lipinski definition) is 5. The largest absolute Gasteiger partial charge is 0.385 e. The van der Waals surface area contributed by atoms with Crippen molar-refractivity contribution in [2.24, 2.45) is 11.8 Å². The lowest BCUT2D eigenvalue weighted by Crippen LogP contribution is -2.48. The highest BCUT2D eigenvalue weighted by atomic mass is 32.2. The van der Waals surface area contributed by atoms with Crippen LogP contribution in [0.2, 0.25) is 0 Å². The molecule has 0 aliphatic carbocycles. The average molecular weight is 488 g/mol. The third-order valence-electron chi connectivity index (χ3n) is 6.32. The number of likely N-dealkylation sites (tertiary alicyclic amines) is 1. The molecule has 33 heavy (non-hydrogen) atoms. The number of amides is 2. The number of piperidine rings is 2. The van der Waals surface area contributed by atoms with Gasteiger partial charge in [0.25, 0.3) is 0 Å². The molecule has 1 aromatic rings. The molecule has 2 heterocycles. The zero-order valence-electron chi connectivity index (χ0n) is 18.8. The number of nitrogens with zero attached hydrogens (tertiary/aromatic N) is 2. The van der Waals surface area contributed by atoms with Crippen molar-refractivity contribution in [3.05, 3.63) is 29.8 Å². The molecule has 1 N–H and O–H groups in total. The first kappa shape index (κ1) is 25.5. The number of carbonyl (C=O) groups is 2. The second-order valence-electron chi connectivity index (χ2n) is 8.49. The van der Waals surface area contributed by atoms with Crippen LogP contribution in [-0.4, -0.2) is 75.9 Å². The third kappa shape index (κ3) is 6.27. The topological polar surface area (TPSA) is 96.0 Å². The van der Waals surface area contributed by atoms with Crippen molar-refractivity contribution in [3.63, 3.8) is 0 Å². The zero-order valence-corrected chi connectivity index (χ0v) is 19.6. The molecule has 0 bridgehead atoms. The van der Waals surface area contributed by atoms with Crippen LogP contribution in [0.3, 0.4) is 0 Å². The van der Waals surface area contributed by atoms with Crippen molar-refractivity contribution in [3.8, 4) is 0 Å². The quantitative estimate of drug-likeness (QED) is 0.564. The van der Waals surface area contributed by atoms with Crippen molar-refractivity contribution < 1.29 is 31.5 Å².